The van der Waals surface area contributed by atoms with Crippen molar-refractivity contribution in [2.24, 2.45) is 0 Å². The van der Waals surface area contributed by atoms with E-state index < -0.39 is 0 Å². The van der Waals surface area contributed by atoms with E-state index in [-0.39, 0.29) is 6.09 Å². The molecule has 1 aromatic carbocycles. The second-order valence-electron chi connectivity index (χ2n) is 3.22. The zero-order chi connectivity index (χ0) is 10.1. The van der Waals surface area contributed by atoms with Crippen LogP contribution in [0.25, 0.3) is 0 Å². The molecule has 2 rings (SSSR count). The first-order valence-corrected chi connectivity index (χ1v) is 4.47. The van der Waals surface area contributed by atoms with E-state index in [1.165, 1.54) is 7.11 Å². The van der Waals surface area contributed by atoms with E-state index in [1.54, 1.807) is 4.90 Å². The Labute approximate surface area is 82.3 Å². The monoisotopic (exact) mass is 192 g/mol. The number of methoxy groups -OCH3 is 1. The minimum atomic E-state index is -0.325. The molecule has 0 atom stereocenters. The number of ether oxygens (including phenoxy) is 1. The van der Waals surface area contributed by atoms with Crippen LogP contribution in [0.3, 0.4) is 0 Å². The molecule has 0 radical (unpaired) electrons. The van der Waals surface area contributed by atoms with Gasteiger partial charge in [0.2, 0.25) is 0 Å². The van der Waals surface area contributed by atoms with Crippen molar-refractivity contribution >= 4 is 17.5 Å². The molecule has 14 heavy (non-hydrogen) atoms. The van der Waals surface area contributed by atoms with Crippen LogP contribution in [0.1, 0.15) is 5.56 Å². The highest BCUT2D eigenvalue weighted by atomic mass is 16.5. The van der Waals surface area contributed by atoms with Crippen LogP contribution in [0.2, 0.25) is 0 Å². The minimum Gasteiger partial charge on any atom is -0.452 e. The molecule has 0 spiro atoms. The van der Waals surface area contributed by atoms with Gasteiger partial charge in [-0.15, -0.1) is 0 Å². The first-order valence-electron chi connectivity index (χ1n) is 4.47. The predicted octanol–water partition coefficient (Wildman–Crippen LogP) is 1.40. The summed E-state index contributed by atoms with van der Waals surface area (Å²) in [5.74, 6) is 0. The number of carbonyl (C=O) groups excluding carboxylic acids is 1. The molecular weight excluding hydrogens is 180 g/mol. The molecule has 0 bridgehead atoms. The largest absolute Gasteiger partial charge is 0.452 e. The lowest BCUT2D eigenvalue weighted by atomic mass is 10.1. The van der Waals surface area contributed by atoms with Crippen molar-refractivity contribution in [3.05, 3.63) is 23.8 Å². The van der Waals surface area contributed by atoms with Crippen LogP contribution in [-0.2, 0) is 11.2 Å². The Bertz CT molecular complexity index is 376. The molecule has 4 nitrogen and oxygen atoms in total. The normalized spacial score (nSPS) is 13.9. The van der Waals surface area contributed by atoms with Crippen LogP contribution < -0.4 is 10.6 Å². The Morgan fingerprint density at radius 3 is 3.07 bits per heavy atom. The summed E-state index contributed by atoms with van der Waals surface area (Å²) in [6, 6.07) is 5.57. The number of benzene rings is 1. The topological polar surface area (TPSA) is 55.6 Å². The maximum atomic E-state index is 11.4. The molecule has 0 aromatic heterocycles. The fraction of sp³-hybridized carbons (Fsp3) is 0.300. The summed E-state index contributed by atoms with van der Waals surface area (Å²) in [6.07, 6.45) is 0.478. The van der Waals surface area contributed by atoms with E-state index in [1.807, 2.05) is 18.2 Å². The van der Waals surface area contributed by atoms with Crippen LogP contribution in [0.15, 0.2) is 18.2 Å². The van der Waals surface area contributed by atoms with Crippen LogP contribution in [0.4, 0.5) is 16.2 Å². The maximum absolute atomic E-state index is 11.4. The molecule has 0 unspecified atom stereocenters. The van der Waals surface area contributed by atoms with Crippen LogP contribution in [-0.4, -0.2) is 19.7 Å². The van der Waals surface area contributed by atoms with Gasteiger partial charge in [0.15, 0.2) is 0 Å². The number of nitrogen functional groups attached to an aromatic ring is 1. The number of nitrogens with zero attached hydrogens (tertiary/aromatic N) is 1. The molecule has 74 valence electrons. The van der Waals surface area contributed by atoms with Crippen molar-refractivity contribution < 1.29 is 9.53 Å². The van der Waals surface area contributed by atoms with Gasteiger partial charge in [0.25, 0.3) is 0 Å². The molecule has 1 heterocycles. The highest BCUT2D eigenvalue weighted by Gasteiger charge is 2.26. The number of fused-ring (bicyclic) bond motifs is 1. The second-order valence-corrected chi connectivity index (χ2v) is 3.22. The lowest BCUT2D eigenvalue weighted by Gasteiger charge is -2.15. The van der Waals surface area contributed by atoms with Gasteiger partial charge >= 0.3 is 6.09 Å². The summed E-state index contributed by atoms with van der Waals surface area (Å²) >= 11 is 0. The van der Waals surface area contributed by atoms with Crippen molar-refractivity contribution in [3.63, 3.8) is 0 Å². The van der Waals surface area contributed by atoms with Gasteiger partial charge in [0.1, 0.15) is 0 Å². The molecule has 1 aliphatic heterocycles. The third-order valence-electron chi connectivity index (χ3n) is 2.46. The van der Waals surface area contributed by atoms with E-state index in [9.17, 15) is 4.79 Å². The van der Waals surface area contributed by atoms with Crippen LogP contribution in [0.5, 0.6) is 0 Å². The third kappa shape index (κ3) is 1.19. The summed E-state index contributed by atoms with van der Waals surface area (Å²) in [6.45, 7) is 0.649. The number of carbonyl (C=O) groups is 1. The summed E-state index contributed by atoms with van der Waals surface area (Å²) in [4.78, 5) is 13.0. The summed E-state index contributed by atoms with van der Waals surface area (Å²) in [7, 11) is 1.38. The average molecular weight is 192 g/mol. The Morgan fingerprint density at radius 1 is 1.57 bits per heavy atom. The van der Waals surface area contributed by atoms with Gasteiger partial charge in [-0.3, -0.25) is 4.90 Å². The van der Waals surface area contributed by atoms with Gasteiger partial charge in [-0.25, -0.2) is 4.79 Å². The Kier molecular flexibility index (Phi) is 2.04. The maximum Gasteiger partial charge on any atom is 0.414 e. The van der Waals surface area contributed by atoms with E-state index in [0.717, 1.165) is 23.4 Å². The van der Waals surface area contributed by atoms with E-state index in [4.69, 9.17) is 5.73 Å². The first kappa shape index (κ1) is 8.87. The Hall–Kier alpha value is -1.71. The predicted molar refractivity (Wildman–Crippen MR) is 54.3 cm³/mol. The smallest absolute Gasteiger partial charge is 0.414 e. The van der Waals surface area contributed by atoms with Gasteiger partial charge in [0, 0.05) is 17.8 Å². The van der Waals surface area contributed by atoms with Crippen molar-refractivity contribution in [2.45, 2.75) is 6.42 Å². The van der Waals surface area contributed by atoms with Crippen LogP contribution >= 0.6 is 0 Å². The average Bonchev–Trinajstić information content (AvgIpc) is 2.62. The molecule has 0 aliphatic carbocycles. The summed E-state index contributed by atoms with van der Waals surface area (Å²) in [5.41, 5.74) is 8.45. The quantitative estimate of drug-likeness (QED) is 0.632. The highest BCUT2D eigenvalue weighted by Crippen LogP contribution is 2.32. The second kappa shape index (κ2) is 3.21. The molecule has 0 fully saturated rings. The number of nitrogens with two attached hydrogens (primary N) is 1. The molecule has 1 aromatic rings. The van der Waals surface area contributed by atoms with Gasteiger partial charge in [-0.2, -0.15) is 0 Å². The molecule has 1 amide bonds. The third-order valence-corrected chi connectivity index (χ3v) is 2.46. The van der Waals surface area contributed by atoms with E-state index in [2.05, 4.69) is 4.74 Å². The van der Waals surface area contributed by atoms with Crippen LogP contribution in [0, 0.1) is 0 Å². The molecule has 0 saturated heterocycles. The fourth-order valence-corrected chi connectivity index (χ4v) is 1.76. The standard InChI is InChI=1S/C10H12N2O2/c1-14-10(13)12-6-5-7-8(11)3-2-4-9(7)12/h2-4H,5-6,11H2,1H3. The number of rotatable bonds is 0. The van der Waals surface area contributed by atoms with Gasteiger partial charge in [-0.05, 0) is 18.6 Å². The SMILES string of the molecule is COC(=O)N1CCc2c(N)cccc21. The first-order chi connectivity index (χ1) is 6.74. The molecule has 0 saturated carbocycles. The lowest BCUT2D eigenvalue weighted by Crippen LogP contribution is -2.28. The lowest BCUT2D eigenvalue weighted by molar-refractivity contribution is 0.179. The molecule has 1 aliphatic rings. The molecule has 4 heteroatoms. The van der Waals surface area contributed by atoms with Gasteiger partial charge < -0.3 is 10.5 Å². The zero-order valence-electron chi connectivity index (χ0n) is 7.99. The number of hydrogen-bond acceptors (Lipinski definition) is 3. The minimum absolute atomic E-state index is 0.325. The molecule has 2 N–H and O–H groups in total. The fourth-order valence-electron chi connectivity index (χ4n) is 1.76. The zero-order valence-corrected chi connectivity index (χ0v) is 7.99. The number of hydrogen-bond donors (Lipinski definition) is 1. The van der Waals surface area contributed by atoms with Gasteiger partial charge in [-0.1, -0.05) is 6.07 Å². The summed E-state index contributed by atoms with van der Waals surface area (Å²) in [5, 5.41) is 0. The van der Waals surface area contributed by atoms with E-state index in [0.29, 0.717) is 6.54 Å². The van der Waals surface area contributed by atoms with E-state index >= 15 is 0 Å². The number of anilines is 2. The number of amides is 1. The van der Waals surface area contributed by atoms with Crippen molar-refractivity contribution in [1.82, 2.24) is 0 Å². The Morgan fingerprint density at radius 2 is 2.36 bits per heavy atom. The Balaban J connectivity index is 2.40. The molecular formula is C10H12N2O2. The van der Waals surface area contributed by atoms with Crippen molar-refractivity contribution in [2.75, 3.05) is 24.3 Å². The van der Waals surface area contributed by atoms with Gasteiger partial charge in [0.05, 0.1) is 12.8 Å². The highest BCUT2D eigenvalue weighted by molar-refractivity contribution is 5.91. The van der Waals surface area contributed by atoms with Crippen molar-refractivity contribution in [3.8, 4) is 0 Å². The van der Waals surface area contributed by atoms with Crippen molar-refractivity contribution in [1.29, 1.82) is 0 Å². The summed E-state index contributed by atoms with van der Waals surface area (Å²) < 4.78 is 4.68.